The standard InChI is InChI=1S/C14H24NO3P/c15-19(16,17-13-5-1-11(9-13)2-6-13)18-14-7-3-12(10-14)4-8-14/h11-12H,1-10H2,(H2,15,16). The van der Waals surface area contributed by atoms with E-state index in [-0.39, 0.29) is 11.2 Å². The van der Waals surface area contributed by atoms with Crippen LogP contribution < -0.4 is 0 Å². The van der Waals surface area contributed by atoms with Crippen molar-refractivity contribution >= 4 is 7.74 Å². The Labute approximate surface area is 115 Å². The van der Waals surface area contributed by atoms with Crippen molar-refractivity contribution in [3.8, 4) is 0 Å². The Kier molecular flexibility index (Phi) is 2.74. The van der Waals surface area contributed by atoms with Crippen molar-refractivity contribution in [2.45, 2.75) is 75.4 Å². The Hall–Kier alpha value is 0.110. The fourth-order valence-corrected chi connectivity index (χ4v) is 6.68. The van der Waals surface area contributed by atoms with Crippen LogP contribution in [0, 0.1) is 17.0 Å². The molecule has 4 fully saturated rings. The van der Waals surface area contributed by atoms with Crippen LogP contribution in [0.2, 0.25) is 0 Å². The average molecular weight is 285 g/mol. The molecule has 0 aromatic heterocycles. The highest BCUT2D eigenvalue weighted by Gasteiger charge is 2.52. The summed E-state index contributed by atoms with van der Waals surface area (Å²) in [6.45, 7) is 0. The van der Waals surface area contributed by atoms with E-state index in [9.17, 15) is 4.89 Å². The number of rotatable bonds is 4. The van der Waals surface area contributed by atoms with Crippen molar-refractivity contribution in [3.05, 3.63) is 0 Å². The van der Waals surface area contributed by atoms with Gasteiger partial charge in [-0.05, 0) is 76.0 Å². The third-order valence-corrected chi connectivity index (χ3v) is 7.26. The summed E-state index contributed by atoms with van der Waals surface area (Å²) in [6, 6.07) is 0. The summed E-state index contributed by atoms with van der Waals surface area (Å²) in [7, 11) is -3.40. The Morgan fingerprint density at radius 3 is 1.47 bits per heavy atom. The number of hydrogen-bond acceptors (Lipinski definition) is 3. The van der Waals surface area contributed by atoms with Gasteiger partial charge in [0, 0.05) is 0 Å². The first-order chi connectivity index (χ1) is 8.99. The van der Waals surface area contributed by atoms with Crippen molar-refractivity contribution in [3.63, 3.8) is 0 Å². The summed E-state index contributed by atoms with van der Waals surface area (Å²) < 4.78 is 11.8. The molecule has 0 amide bonds. The average Bonchev–Trinajstić information content (AvgIpc) is 3.05. The molecule has 4 nitrogen and oxygen atoms in total. The molecule has 0 heterocycles. The molecule has 0 aliphatic heterocycles. The van der Waals surface area contributed by atoms with Gasteiger partial charge in [0.15, 0.2) is 0 Å². The molecular weight excluding hydrogens is 261 g/mol. The lowest BCUT2D eigenvalue weighted by atomic mass is 9.98. The molecule has 108 valence electrons. The summed E-state index contributed by atoms with van der Waals surface area (Å²) in [5, 5.41) is 8.17. The largest absolute Gasteiger partial charge is 0.351 e. The summed E-state index contributed by atoms with van der Waals surface area (Å²) in [5.41, 5.74) is -0.440. The molecule has 0 spiro atoms. The number of fused-ring (bicyclic) bond motifs is 4. The molecule has 4 bridgehead atoms. The molecule has 4 aliphatic carbocycles. The second-order valence-corrected chi connectivity index (χ2v) is 8.77. The van der Waals surface area contributed by atoms with E-state index in [1.54, 1.807) is 0 Å². The molecule has 4 aliphatic rings. The lowest BCUT2D eigenvalue weighted by Crippen LogP contribution is -2.30. The van der Waals surface area contributed by atoms with E-state index in [1.165, 1.54) is 25.7 Å². The molecule has 2 N–H and O–H groups in total. The fraction of sp³-hybridized carbons (Fsp3) is 1.00. The second kappa shape index (κ2) is 4.07. The molecule has 4 rings (SSSR count). The van der Waals surface area contributed by atoms with Gasteiger partial charge >= 0.3 is 7.74 Å². The van der Waals surface area contributed by atoms with E-state index in [0.29, 0.717) is 0 Å². The van der Waals surface area contributed by atoms with Gasteiger partial charge in [0.25, 0.3) is 0 Å². The zero-order valence-electron chi connectivity index (χ0n) is 11.4. The molecule has 0 aromatic carbocycles. The van der Waals surface area contributed by atoms with Crippen LogP contribution in [0.1, 0.15) is 64.2 Å². The van der Waals surface area contributed by atoms with Crippen LogP contribution in [0.4, 0.5) is 0 Å². The Balaban J connectivity index is 1.46. The predicted molar refractivity (Wildman–Crippen MR) is 72.6 cm³/mol. The first kappa shape index (κ1) is 12.8. The molecule has 4 saturated carbocycles. The molecule has 0 aromatic rings. The Morgan fingerprint density at radius 2 is 1.21 bits per heavy atom. The minimum absolute atomic E-state index is 0.220. The molecular formula is C14H24NO3P. The van der Waals surface area contributed by atoms with Crippen molar-refractivity contribution in [1.29, 1.82) is 5.16 Å². The van der Waals surface area contributed by atoms with Gasteiger partial charge in [0.2, 0.25) is 0 Å². The van der Waals surface area contributed by atoms with Crippen LogP contribution in [0.25, 0.3) is 0 Å². The van der Waals surface area contributed by atoms with Crippen molar-refractivity contribution < 1.29 is 13.9 Å². The normalized spacial score (nSPS) is 50.8. The maximum absolute atomic E-state index is 10.4. The zero-order valence-corrected chi connectivity index (χ0v) is 12.3. The zero-order chi connectivity index (χ0) is 13.1. The van der Waals surface area contributed by atoms with Crippen LogP contribution in [0.5, 0.6) is 0 Å². The molecule has 0 radical (unpaired) electrons. The topological polar surface area (TPSA) is 62.5 Å². The number of nitrogens with one attached hydrogen (secondary N) is 1. The molecule has 19 heavy (non-hydrogen) atoms. The van der Waals surface area contributed by atoms with Gasteiger partial charge in [-0.25, -0.2) is 5.16 Å². The van der Waals surface area contributed by atoms with E-state index < -0.39 is 7.74 Å². The quantitative estimate of drug-likeness (QED) is 0.761. The maximum atomic E-state index is 10.4. The van der Waals surface area contributed by atoms with Gasteiger partial charge in [0.05, 0.1) is 11.2 Å². The SMILES string of the molecule is N=P(O)(OC12CCC(CC1)C2)OC12CCC(CC1)C2. The van der Waals surface area contributed by atoms with Crippen molar-refractivity contribution in [1.82, 2.24) is 0 Å². The molecule has 0 unspecified atom stereocenters. The van der Waals surface area contributed by atoms with Gasteiger partial charge in [-0.1, -0.05) is 0 Å². The highest BCUT2D eigenvalue weighted by Crippen LogP contribution is 2.63. The lowest BCUT2D eigenvalue weighted by molar-refractivity contribution is -0.00198. The third-order valence-electron chi connectivity index (χ3n) is 5.99. The van der Waals surface area contributed by atoms with E-state index in [2.05, 4.69) is 0 Å². The first-order valence-corrected chi connectivity index (χ1v) is 9.35. The predicted octanol–water partition coefficient (Wildman–Crippen LogP) is 4.20. The third kappa shape index (κ3) is 2.21. The highest BCUT2D eigenvalue weighted by molar-refractivity contribution is 7.48. The van der Waals surface area contributed by atoms with E-state index in [1.807, 2.05) is 0 Å². The van der Waals surface area contributed by atoms with Gasteiger partial charge < -0.3 is 4.89 Å². The van der Waals surface area contributed by atoms with Crippen molar-refractivity contribution in [2.24, 2.45) is 11.8 Å². The van der Waals surface area contributed by atoms with Gasteiger partial charge in [0.1, 0.15) is 0 Å². The molecule has 5 heteroatoms. The maximum Gasteiger partial charge on any atom is 0.351 e. The highest BCUT2D eigenvalue weighted by atomic mass is 31.2. The summed E-state index contributed by atoms with van der Waals surface area (Å²) in [6.07, 6.45) is 10.9. The monoisotopic (exact) mass is 285 g/mol. The fourth-order valence-electron chi connectivity index (χ4n) is 5.08. The summed E-state index contributed by atoms with van der Waals surface area (Å²) in [5.74, 6) is 1.53. The first-order valence-electron chi connectivity index (χ1n) is 7.77. The lowest BCUT2D eigenvalue weighted by Gasteiger charge is -2.35. The van der Waals surface area contributed by atoms with Crippen LogP contribution in [0.15, 0.2) is 0 Å². The van der Waals surface area contributed by atoms with Crippen LogP contribution in [0.3, 0.4) is 0 Å². The molecule has 0 atom stereocenters. The number of hydrogen-bond donors (Lipinski definition) is 2. The van der Waals surface area contributed by atoms with Crippen LogP contribution in [-0.4, -0.2) is 16.1 Å². The van der Waals surface area contributed by atoms with Crippen molar-refractivity contribution in [2.75, 3.05) is 0 Å². The summed E-state index contributed by atoms with van der Waals surface area (Å²) >= 11 is 0. The van der Waals surface area contributed by atoms with E-state index >= 15 is 0 Å². The second-order valence-electron chi connectivity index (χ2n) is 7.36. The minimum atomic E-state index is -3.40. The van der Waals surface area contributed by atoms with Gasteiger partial charge in [-0.3, -0.25) is 9.05 Å². The Morgan fingerprint density at radius 1 is 0.842 bits per heavy atom. The van der Waals surface area contributed by atoms with Crippen LogP contribution in [-0.2, 0) is 9.05 Å². The molecule has 0 saturated heterocycles. The van der Waals surface area contributed by atoms with Gasteiger partial charge in [-0.15, -0.1) is 0 Å². The minimum Gasteiger partial charge on any atom is -0.319 e. The Bertz CT molecular complexity index is 386. The van der Waals surface area contributed by atoms with Gasteiger partial charge in [-0.2, -0.15) is 0 Å². The smallest absolute Gasteiger partial charge is 0.319 e. The van der Waals surface area contributed by atoms with E-state index in [4.69, 9.17) is 14.2 Å². The summed E-state index contributed by atoms with van der Waals surface area (Å²) in [4.78, 5) is 10.4. The van der Waals surface area contributed by atoms with E-state index in [0.717, 1.165) is 50.4 Å². The van der Waals surface area contributed by atoms with Crippen LogP contribution >= 0.6 is 7.74 Å².